The minimum Gasteiger partial charge on any atom is -0.462 e. The molecule has 0 aliphatic rings. The van der Waals surface area contributed by atoms with E-state index in [4.69, 9.17) is 4.74 Å². The lowest BCUT2D eigenvalue weighted by atomic mass is 10.0. The van der Waals surface area contributed by atoms with Crippen molar-refractivity contribution < 1.29 is 14.3 Å². The van der Waals surface area contributed by atoms with Crippen LogP contribution in [0.3, 0.4) is 0 Å². The molecular formula is C18H15BrINO3. The molecule has 0 unspecified atom stereocenters. The highest BCUT2D eigenvalue weighted by Crippen LogP contribution is 2.20. The van der Waals surface area contributed by atoms with Gasteiger partial charge in [-0.05, 0) is 65.9 Å². The molecule has 0 atom stereocenters. The maximum Gasteiger partial charge on any atom is 0.343 e. The van der Waals surface area contributed by atoms with Crippen molar-refractivity contribution in [3.8, 4) is 0 Å². The van der Waals surface area contributed by atoms with Crippen LogP contribution in [0.15, 0.2) is 64.8 Å². The Bertz CT molecular complexity index is 772. The molecule has 2 aromatic carbocycles. The van der Waals surface area contributed by atoms with E-state index in [0.717, 1.165) is 9.26 Å². The van der Waals surface area contributed by atoms with Crippen molar-refractivity contribution in [1.82, 2.24) is 0 Å². The van der Waals surface area contributed by atoms with Crippen LogP contribution in [0.4, 0.5) is 5.69 Å². The number of Topliss-reactive ketones (excluding diaryl/α,β-unsaturated/α-hetero) is 1. The van der Waals surface area contributed by atoms with Crippen LogP contribution in [0.5, 0.6) is 0 Å². The molecule has 124 valence electrons. The summed E-state index contributed by atoms with van der Waals surface area (Å²) in [6.45, 7) is 1.90. The molecule has 0 amide bonds. The molecule has 0 aliphatic carbocycles. The van der Waals surface area contributed by atoms with Crippen molar-refractivity contribution in [2.45, 2.75) is 6.92 Å². The molecule has 0 bridgehead atoms. The summed E-state index contributed by atoms with van der Waals surface area (Å²) in [5.74, 6) is -1.06. The number of benzene rings is 2. The van der Waals surface area contributed by atoms with Gasteiger partial charge >= 0.3 is 5.97 Å². The van der Waals surface area contributed by atoms with Gasteiger partial charge in [0.1, 0.15) is 5.57 Å². The topological polar surface area (TPSA) is 55.4 Å². The molecule has 2 aromatic rings. The summed E-state index contributed by atoms with van der Waals surface area (Å²) in [4.78, 5) is 24.9. The van der Waals surface area contributed by atoms with Crippen LogP contribution in [0.2, 0.25) is 0 Å². The molecule has 24 heavy (non-hydrogen) atoms. The van der Waals surface area contributed by atoms with E-state index in [9.17, 15) is 9.59 Å². The zero-order valence-corrected chi connectivity index (χ0v) is 16.6. The first-order valence-electron chi connectivity index (χ1n) is 7.21. The summed E-state index contributed by atoms with van der Waals surface area (Å²) in [5, 5.41) is 2.98. The molecule has 2 rings (SSSR count). The van der Waals surface area contributed by atoms with Crippen LogP contribution in [0, 0.1) is 3.57 Å². The number of esters is 1. The van der Waals surface area contributed by atoms with Gasteiger partial charge in [-0.1, -0.05) is 28.1 Å². The maximum atomic E-state index is 12.7. The number of ether oxygens (including phenoxy) is 1. The lowest BCUT2D eigenvalue weighted by Gasteiger charge is -2.09. The molecule has 0 radical (unpaired) electrons. The summed E-state index contributed by atoms with van der Waals surface area (Å²) >= 11 is 5.54. The average molecular weight is 500 g/mol. The van der Waals surface area contributed by atoms with E-state index in [0.29, 0.717) is 10.0 Å². The summed E-state index contributed by atoms with van der Waals surface area (Å²) in [6.07, 6.45) is 1.39. The average Bonchev–Trinajstić information content (AvgIpc) is 2.57. The number of carbonyl (C=O) groups is 2. The number of anilines is 1. The summed E-state index contributed by atoms with van der Waals surface area (Å²) in [6, 6.07) is 14.5. The van der Waals surface area contributed by atoms with Gasteiger partial charge in [0.25, 0.3) is 0 Å². The minimum absolute atomic E-state index is 0.0534. The highest BCUT2D eigenvalue weighted by atomic mass is 127. The van der Waals surface area contributed by atoms with Crippen LogP contribution in [0.25, 0.3) is 0 Å². The lowest BCUT2D eigenvalue weighted by Crippen LogP contribution is -2.18. The number of nitrogens with one attached hydrogen (secondary N) is 1. The Labute approximate surface area is 162 Å². The number of halogens is 2. The van der Waals surface area contributed by atoms with Gasteiger partial charge in [-0.3, -0.25) is 4.79 Å². The number of hydrogen-bond donors (Lipinski definition) is 1. The van der Waals surface area contributed by atoms with E-state index >= 15 is 0 Å². The van der Waals surface area contributed by atoms with E-state index in [2.05, 4.69) is 43.8 Å². The van der Waals surface area contributed by atoms with E-state index in [1.165, 1.54) is 6.20 Å². The Morgan fingerprint density at radius 2 is 1.83 bits per heavy atom. The predicted octanol–water partition coefficient (Wildman–Crippen LogP) is 4.80. The van der Waals surface area contributed by atoms with Gasteiger partial charge in [0.05, 0.1) is 6.61 Å². The predicted molar refractivity (Wildman–Crippen MR) is 106 cm³/mol. The fourth-order valence-electron chi connectivity index (χ4n) is 1.92. The van der Waals surface area contributed by atoms with Crippen molar-refractivity contribution in [2.24, 2.45) is 0 Å². The van der Waals surface area contributed by atoms with Gasteiger partial charge in [-0.2, -0.15) is 0 Å². The zero-order chi connectivity index (χ0) is 17.5. The first kappa shape index (κ1) is 18.7. The number of rotatable bonds is 6. The fourth-order valence-corrected chi connectivity index (χ4v) is 2.74. The SMILES string of the molecule is CCOC(=O)C(=CNc1ccc(I)cc1)C(=O)c1ccccc1Br. The Hall–Kier alpha value is -1.67. The molecule has 6 heteroatoms. The Morgan fingerprint density at radius 1 is 1.17 bits per heavy atom. The van der Waals surface area contributed by atoms with E-state index in [1.807, 2.05) is 24.3 Å². The van der Waals surface area contributed by atoms with Gasteiger partial charge in [0, 0.05) is 25.5 Å². The lowest BCUT2D eigenvalue weighted by molar-refractivity contribution is -0.138. The second-order valence-corrected chi connectivity index (χ2v) is 6.84. The Morgan fingerprint density at radius 3 is 2.46 bits per heavy atom. The number of hydrogen-bond acceptors (Lipinski definition) is 4. The first-order chi connectivity index (χ1) is 11.5. The quantitative estimate of drug-likeness (QED) is 0.155. The van der Waals surface area contributed by atoms with Crippen molar-refractivity contribution in [2.75, 3.05) is 11.9 Å². The van der Waals surface area contributed by atoms with Crippen LogP contribution >= 0.6 is 38.5 Å². The minimum atomic E-state index is -0.656. The van der Waals surface area contributed by atoms with Crippen LogP contribution in [-0.4, -0.2) is 18.4 Å². The Balaban J connectivity index is 2.32. The molecule has 0 heterocycles. The molecule has 0 spiro atoms. The van der Waals surface area contributed by atoms with Gasteiger partial charge in [0.2, 0.25) is 5.78 Å². The third-order valence-corrected chi connectivity index (χ3v) is 4.50. The van der Waals surface area contributed by atoms with Gasteiger partial charge in [-0.15, -0.1) is 0 Å². The third-order valence-electron chi connectivity index (χ3n) is 3.09. The standard InChI is InChI=1S/C18H15BrINO3/c1-2-24-18(23)15(11-21-13-9-7-12(20)8-10-13)17(22)14-5-3-4-6-16(14)19/h3-11,21H,2H2,1H3. The third kappa shape index (κ3) is 4.91. The molecule has 0 aliphatic heterocycles. The van der Waals surface area contributed by atoms with Crippen molar-refractivity contribution >= 4 is 56.0 Å². The largest absolute Gasteiger partial charge is 0.462 e. The van der Waals surface area contributed by atoms with Crippen LogP contribution in [0.1, 0.15) is 17.3 Å². The second-order valence-electron chi connectivity index (χ2n) is 4.74. The normalized spacial score (nSPS) is 11.0. The molecule has 1 N–H and O–H groups in total. The summed E-state index contributed by atoms with van der Waals surface area (Å²) < 4.78 is 6.73. The van der Waals surface area contributed by atoms with Crippen LogP contribution < -0.4 is 5.32 Å². The van der Waals surface area contributed by atoms with Gasteiger partial charge < -0.3 is 10.1 Å². The molecule has 4 nitrogen and oxygen atoms in total. The van der Waals surface area contributed by atoms with Gasteiger partial charge in [0.15, 0.2) is 0 Å². The smallest absolute Gasteiger partial charge is 0.343 e. The second kappa shape index (κ2) is 8.98. The van der Waals surface area contributed by atoms with Gasteiger partial charge in [-0.25, -0.2) is 4.79 Å². The molecule has 0 saturated carbocycles. The van der Waals surface area contributed by atoms with Crippen molar-refractivity contribution in [1.29, 1.82) is 0 Å². The fraction of sp³-hybridized carbons (Fsp3) is 0.111. The van der Waals surface area contributed by atoms with E-state index in [1.54, 1.807) is 31.2 Å². The number of carbonyl (C=O) groups excluding carboxylic acids is 2. The molecule has 0 saturated heterocycles. The highest BCUT2D eigenvalue weighted by molar-refractivity contribution is 14.1. The zero-order valence-electron chi connectivity index (χ0n) is 12.9. The monoisotopic (exact) mass is 499 g/mol. The van der Waals surface area contributed by atoms with Crippen molar-refractivity contribution in [3.63, 3.8) is 0 Å². The van der Waals surface area contributed by atoms with Crippen molar-refractivity contribution in [3.05, 3.63) is 73.9 Å². The summed E-state index contributed by atoms with van der Waals surface area (Å²) in [7, 11) is 0. The molecular weight excluding hydrogens is 485 g/mol. The Kier molecular flexibility index (Phi) is 6.99. The molecule has 0 aromatic heterocycles. The van der Waals surface area contributed by atoms with Crippen LogP contribution in [-0.2, 0) is 9.53 Å². The number of ketones is 1. The molecule has 0 fully saturated rings. The summed E-state index contributed by atoms with van der Waals surface area (Å²) in [5.41, 5.74) is 1.13. The maximum absolute atomic E-state index is 12.7. The highest BCUT2D eigenvalue weighted by Gasteiger charge is 2.22. The van der Waals surface area contributed by atoms with E-state index in [-0.39, 0.29) is 12.2 Å². The first-order valence-corrected chi connectivity index (χ1v) is 9.08. The van der Waals surface area contributed by atoms with E-state index < -0.39 is 11.8 Å².